The summed E-state index contributed by atoms with van der Waals surface area (Å²) in [4.78, 5) is 7.47. The second-order valence-corrected chi connectivity index (χ2v) is 6.82. The molecule has 0 aliphatic heterocycles. The number of aromatic nitrogens is 2. The monoisotopic (exact) mass is 412 g/mol. The van der Waals surface area contributed by atoms with E-state index in [1.165, 1.54) is 0 Å². The van der Waals surface area contributed by atoms with Crippen molar-refractivity contribution in [3.05, 3.63) is 58.8 Å². The lowest BCUT2D eigenvalue weighted by Crippen LogP contribution is -2.19. The molecule has 1 atom stereocenters. The van der Waals surface area contributed by atoms with Gasteiger partial charge < -0.3 is 14.6 Å². The van der Waals surface area contributed by atoms with Crippen LogP contribution in [0.5, 0.6) is 5.75 Å². The van der Waals surface area contributed by atoms with Crippen LogP contribution in [0.4, 0.5) is 5.69 Å². The number of hydrogen-bond donors (Lipinski definition) is 1. The first-order chi connectivity index (χ1) is 18.6. The molecule has 1 heterocycles. The summed E-state index contributed by atoms with van der Waals surface area (Å²) < 4.78 is 96.1. The third-order valence-electron chi connectivity index (χ3n) is 4.22. The molecule has 0 saturated heterocycles. The van der Waals surface area contributed by atoms with Gasteiger partial charge in [-0.25, -0.2) is 4.85 Å². The van der Waals surface area contributed by atoms with E-state index in [-0.39, 0.29) is 33.7 Å². The first-order valence-corrected chi connectivity index (χ1v) is 9.53. The molecule has 6 nitrogen and oxygen atoms in total. The summed E-state index contributed by atoms with van der Waals surface area (Å²) in [5, 5.41) is 6.74. The van der Waals surface area contributed by atoms with Crippen molar-refractivity contribution in [2.24, 2.45) is 0 Å². The normalized spacial score (nSPS) is 23.4. The Bertz CT molecular complexity index is 1550. The Morgan fingerprint density at radius 3 is 3.03 bits per heavy atom. The van der Waals surface area contributed by atoms with Gasteiger partial charge in [-0.1, -0.05) is 30.2 Å². The van der Waals surface area contributed by atoms with Crippen LogP contribution in [0.25, 0.3) is 27.7 Å². The van der Waals surface area contributed by atoms with E-state index in [4.69, 9.17) is 29.5 Å². The van der Waals surface area contributed by atoms with Gasteiger partial charge in [-0.2, -0.15) is 4.98 Å². The lowest BCUT2D eigenvalue weighted by molar-refractivity contribution is 0.244. The number of rotatable bonds is 7. The van der Waals surface area contributed by atoms with Crippen molar-refractivity contribution in [1.82, 2.24) is 15.5 Å². The van der Waals surface area contributed by atoms with Crippen LogP contribution in [0, 0.1) is 6.57 Å². The van der Waals surface area contributed by atoms with Gasteiger partial charge >= 0.3 is 0 Å². The average Bonchev–Trinajstić information content (AvgIpc) is 3.40. The molecule has 1 aliphatic carbocycles. The minimum atomic E-state index is -2.73. The molecule has 154 valence electrons. The molecular weight excluding hydrogens is 376 g/mol. The van der Waals surface area contributed by atoms with Gasteiger partial charge in [0.2, 0.25) is 11.5 Å². The smallest absolute Gasteiger partial charge is 0.256 e. The zero-order valence-electron chi connectivity index (χ0n) is 26.7. The second kappa shape index (κ2) is 8.68. The molecule has 1 aromatic heterocycles. The summed E-state index contributed by atoms with van der Waals surface area (Å²) in [5.74, 6) is -1.12. The van der Waals surface area contributed by atoms with Crippen LogP contribution in [0.2, 0.25) is 0 Å². The van der Waals surface area contributed by atoms with Gasteiger partial charge in [-0.15, -0.1) is 0 Å². The average molecular weight is 413 g/mol. The number of ether oxygens (including phenoxy) is 1. The van der Waals surface area contributed by atoms with E-state index in [1.54, 1.807) is 13.8 Å². The SMILES string of the molecule is [2H]c1c([2H])c(-c2noc(-c3c([2H])c([2H])c(OC(C)C)c([N+]#[C-])c3[2H])n2)c2c(c1[2H])[C@@H](NCCC)C([2H])([2H])C2([2H])[2H]. The molecule has 1 N–H and O–H groups in total. The van der Waals surface area contributed by atoms with E-state index >= 15 is 0 Å². The summed E-state index contributed by atoms with van der Waals surface area (Å²) in [6.07, 6.45) is -5.14. The van der Waals surface area contributed by atoms with Gasteiger partial charge in [-0.3, -0.25) is 0 Å². The number of nitrogens with zero attached hydrogens (tertiary/aromatic N) is 3. The van der Waals surface area contributed by atoms with Gasteiger partial charge in [0.05, 0.1) is 19.5 Å². The molecule has 3 aromatic rings. The van der Waals surface area contributed by atoms with Crippen LogP contribution in [0.3, 0.4) is 0 Å². The Balaban J connectivity index is 1.98. The highest BCUT2D eigenvalue weighted by Gasteiger charge is 2.26. The third-order valence-corrected chi connectivity index (χ3v) is 4.22. The fourth-order valence-electron chi connectivity index (χ4n) is 2.91. The minimum absolute atomic E-state index is 0.118. The predicted octanol–water partition coefficient (Wildman–Crippen LogP) is 5.73. The molecule has 1 aliphatic rings. The van der Waals surface area contributed by atoms with Gasteiger partial charge in [0.25, 0.3) is 5.89 Å². The molecule has 0 radical (unpaired) electrons. The minimum Gasteiger partial charge on any atom is -0.502 e. The van der Waals surface area contributed by atoms with Crippen LogP contribution in [-0.2, 0) is 6.37 Å². The highest BCUT2D eigenvalue weighted by Crippen LogP contribution is 2.38. The van der Waals surface area contributed by atoms with Crippen molar-refractivity contribution in [1.29, 1.82) is 0 Å². The molecule has 2 aromatic carbocycles. The quantitative estimate of drug-likeness (QED) is 0.502. The Hall–Kier alpha value is -3.17. The molecule has 0 saturated carbocycles. The topological polar surface area (TPSA) is 64.5 Å². The second-order valence-electron chi connectivity index (χ2n) is 6.82. The number of nitrogens with one attached hydrogen (secondary N) is 1. The third kappa shape index (κ3) is 3.94. The van der Waals surface area contributed by atoms with E-state index in [9.17, 15) is 0 Å². The van der Waals surface area contributed by atoms with Crippen molar-refractivity contribution < 1.29 is 23.0 Å². The van der Waals surface area contributed by atoms with Crippen LogP contribution >= 0.6 is 0 Å². The highest BCUT2D eigenvalue weighted by atomic mass is 16.5. The molecule has 6 heteroatoms. The molecule has 0 spiro atoms. The van der Waals surface area contributed by atoms with Crippen molar-refractivity contribution in [3.63, 3.8) is 0 Å². The van der Waals surface area contributed by atoms with Crippen molar-refractivity contribution in [2.45, 2.75) is 52.1 Å². The van der Waals surface area contributed by atoms with Gasteiger partial charge in [-0.05, 0) is 68.8 Å². The van der Waals surface area contributed by atoms with Crippen LogP contribution in [0.1, 0.15) is 64.4 Å². The number of hydrogen-bond acceptors (Lipinski definition) is 5. The van der Waals surface area contributed by atoms with Crippen LogP contribution in [-0.4, -0.2) is 22.8 Å². The maximum absolute atomic E-state index is 8.70. The van der Waals surface area contributed by atoms with E-state index in [1.807, 2.05) is 6.92 Å². The zero-order valence-corrected chi connectivity index (χ0v) is 16.7. The van der Waals surface area contributed by atoms with Gasteiger partial charge in [0, 0.05) is 24.0 Å². The molecule has 0 unspecified atom stereocenters. The molecule has 0 fully saturated rings. The standard InChI is InChI=1S/C24H26N4O2/c1-5-13-26-20-11-10-17-18(20)7-6-8-19(17)23-27-24(30-28-23)16-9-12-22(29-15(2)3)21(14-16)25-4/h6-9,12,14-15,20,26H,5,10-11,13H2,1-3H3/t20-/m0/s1/i6D,7D,8D,9D,10D2,11D2,12D,14D. The summed E-state index contributed by atoms with van der Waals surface area (Å²) in [6, 6.07) is -4.50. The van der Waals surface area contributed by atoms with E-state index in [2.05, 4.69) is 20.3 Å². The Kier molecular flexibility index (Phi) is 3.27. The summed E-state index contributed by atoms with van der Waals surface area (Å²) in [5.41, 5.74) is -1.52. The first kappa shape index (κ1) is 11.3. The molecule has 30 heavy (non-hydrogen) atoms. The van der Waals surface area contributed by atoms with Crippen LogP contribution < -0.4 is 10.1 Å². The molecule has 0 amide bonds. The maximum atomic E-state index is 8.70. The predicted molar refractivity (Wildman–Crippen MR) is 117 cm³/mol. The largest absolute Gasteiger partial charge is 0.502 e. The van der Waals surface area contributed by atoms with Crippen molar-refractivity contribution in [3.8, 4) is 28.6 Å². The van der Waals surface area contributed by atoms with Crippen molar-refractivity contribution >= 4 is 5.69 Å². The fourth-order valence-corrected chi connectivity index (χ4v) is 2.91. The lowest BCUT2D eigenvalue weighted by atomic mass is 10.0. The number of benzene rings is 2. The maximum Gasteiger partial charge on any atom is 0.256 e. The number of fused-ring (bicyclic) bond motifs is 1. The van der Waals surface area contributed by atoms with Gasteiger partial charge in [0.15, 0.2) is 0 Å². The highest BCUT2D eigenvalue weighted by molar-refractivity contribution is 5.70. The van der Waals surface area contributed by atoms with E-state index < -0.39 is 72.9 Å². The zero-order chi connectivity index (χ0) is 29.9. The Labute approximate surface area is 191 Å². The van der Waals surface area contributed by atoms with E-state index in [0.717, 1.165) is 0 Å². The van der Waals surface area contributed by atoms with Gasteiger partial charge in [0.1, 0.15) is 5.75 Å². The summed E-state index contributed by atoms with van der Waals surface area (Å²) >= 11 is 0. The lowest BCUT2D eigenvalue weighted by Gasteiger charge is -2.13. The molecule has 0 bridgehead atoms. The van der Waals surface area contributed by atoms with E-state index in [0.29, 0.717) is 13.0 Å². The summed E-state index contributed by atoms with van der Waals surface area (Å²) in [7, 11) is 0. The Morgan fingerprint density at radius 1 is 1.40 bits per heavy atom. The summed E-state index contributed by atoms with van der Waals surface area (Å²) in [6.45, 7) is 13.0. The molecule has 4 rings (SSSR count). The van der Waals surface area contributed by atoms with Crippen LogP contribution in [0.15, 0.2) is 40.8 Å². The van der Waals surface area contributed by atoms with Crippen molar-refractivity contribution in [2.75, 3.05) is 6.54 Å². The first-order valence-electron chi connectivity index (χ1n) is 14.5. The fraction of sp³-hybridized carbons (Fsp3) is 0.375. The Morgan fingerprint density at radius 2 is 2.27 bits per heavy atom. The molecular formula is C24H26N4O2.